The topological polar surface area (TPSA) is 64.7 Å². The predicted octanol–water partition coefficient (Wildman–Crippen LogP) is 4.54. The molecule has 2 amide bonds. The molecular formula is C29H34N4O2. The van der Waals surface area contributed by atoms with Crippen LogP contribution in [0.2, 0.25) is 0 Å². The van der Waals surface area contributed by atoms with Crippen molar-refractivity contribution in [2.45, 2.75) is 33.2 Å². The Kier molecular flexibility index (Phi) is 7.10. The molecule has 1 atom stereocenters. The van der Waals surface area contributed by atoms with E-state index in [1.807, 2.05) is 53.1 Å². The highest BCUT2D eigenvalue weighted by Gasteiger charge is 2.28. The third-order valence-corrected chi connectivity index (χ3v) is 6.67. The smallest absolute Gasteiger partial charge is 0.313 e. The van der Waals surface area contributed by atoms with E-state index in [4.69, 9.17) is 0 Å². The van der Waals surface area contributed by atoms with Gasteiger partial charge in [-0.15, -0.1) is 0 Å². The van der Waals surface area contributed by atoms with Crippen molar-refractivity contribution in [2.75, 3.05) is 42.3 Å². The molecule has 0 saturated carbocycles. The number of para-hydroxylation sites is 1. The van der Waals surface area contributed by atoms with E-state index in [2.05, 4.69) is 62.9 Å². The van der Waals surface area contributed by atoms with Crippen LogP contribution in [0.4, 0.5) is 17.1 Å². The molecule has 3 aromatic rings. The quantitative estimate of drug-likeness (QED) is 0.520. The van der Waals surface area contributed by atoms with Gasteiger partial charge in [0.2, 0.25) is 0 Å². The van der Waals surface area contributed by atoms with Crippen molar-refractivity contribution in [1.29, 1.82) is 0 Å². The van der Waals surface area contributed by atoms with Gasteiger partial charge in [-0.05, 0) is 67.6 Å². The molecule has 1 aliphatic heterocycles. The Hall–Kier alpha value is -3.80. The highest BCUT2D eigenvalue weighted by molar-refractivity contribution is 6.39. The highest BCUT2D eigenvalue weighted by Crippen LogP contribution is 2.35. The Balaban J connectivity index is 1.52. The van der Waals surface area contributed by atoms with Gasteiger partial charge in [0.05, 0.1) is 6.04 Å². The summed E-state index contributed by atoms with van der Waals surface area (Å²) in [5.41, 5.74) is 8.39. The van der Waals surface area contributed by atoms with E-state index in [9.17, 15) is 9.59 Å². The summed E-state index contributed by atoms with van der Waals surface area (Å²) >= 11 is 0. The lowest BCUT2D eigenvalue weighted by Gasteiger charge is -2.31. The van der Waals surface area contributed by atoms with Crippen LogP contribution in [-0.2, 0) is 16.0 Å². The number of aryl methyl sites for hydroxylation is 3. The van der Waals surface area contributed by atoms with Crippen molar-refractivity contribution in [1.82, 2.24) is 5.32 Å². The zero-order chi connectivity index (χ0) is 25.1. The molecule has 6 nitrogen and oxygen atoms in total. The second-order valence-corrected chi connectivity index (χ2v) is 9.51. The van der Waals surface area contributed by atoms with Gasteiger partial charge in [-0.1, -0.05) is 48.0 Å². The van der Waals surface area contributed by atoms with Gasteiger partial charge >= 0.3 is 11.8 Å². The van der Waals surface area contributed by atoms with E-state index >= 15 is 0 Å². The second kappa shape index (κ2) is 10.2. The monoisotopic (exact) mass is 470 g/mol. The predicted molar refractivity (Wildman–Crippen MR) is 143 cm³/mol. The maximum Gasteiger partial charge on any atom is 0.313 e. The minimum atomic E-state index is -0.649. The molecule has 35 heavy (non-hydrogen) atoms. The summed E-state index contributed by atoms with van der Waals surface area (Å²) in [5, 5.41) is 5.70. The van der Waals surface area contributed by atoms with Gasteiger partial charge in [0, 0.05) is 44.2 Å². The third kappa shape index (κ3) is 5.32. The molecular weight excluding hydrogens is 436 g/mol. The third-order valence-electron chi connectivity index (χ3n) is 6.67. The summed E-state index contributed by atoms with van der Waals surface area (Å²) in [4.78, 5) is 30.0. The fraction of sp³-hybridized carbons (Fsp3) is 0.310. The first kappa shape index (κ1) is 24.3. The summed E-state index contributed by atoms with van der Waals surface area (Å²) in [6, 6.07) is 20.7. The van der Waals surface area contributed by atoms with Crippen LogP contribution in [0.15, 0.2) is 60.7 Å². The molecule has 3 aromatic carbocycles. The number of nitrogens with one attached hydrogen (secondary N) is 2. The molecule has 0 bridgehead atoms. The van der Waals surface area contributed by atoms with Crippen molar-refractivity contribution in [2.24, 2.45) is 0 Å². The van der Waals surface area contributed by atoms with E-state index in [0.29, 0.717) is 12.2 Å². The van der Waals surface area contributed by atoms with Crippen molar-refractivity contribution in [3.05, 3.63) is 88.5 Å². The van der Waals surface area contributed by atoms with E-state index < -0.39 is 11.8 Å². The van der Waals surface area contributed by atoms with Gasteiger partial charge in [-0.2, -0.15) is 0 Å². The zero-order valence-electron chi connectivity index (χ0n) is 21.2. The highest BCUT2D eigenvalue weighted by atomic mass is 16.2. The Labute approximate surface area is 207 Å². The number of fused-ring (bicyclic) bond motifs is 1. The summed E-state index contributed by atoms with van der Waals surface area (Å²) < 4.78 is 0. The molecule has 0 saturated heterocycles. The van der Waals surface area contributed by atoms with Gasteiger partial charge in [-0.3, -0.25) is 9.59 Å². The molecule has 0 spiro atoms. The van der Waals surface area contributed by atoms with Crippen molar-refractivity contribution in [3.63, 3.8) is 0 Å². The lowest BCUT2D eigenvalue weighted by atomic mass is 10.0. The summed E-state index contributed by atoms with van der Waals surface area (Å²) in [5.74, 6) is -1.28. The van der Waals surface area contributed by atoms with Crippen LogP contribution in [0.25, 0.3) is 0 Å². The fourth-order valence-corrected chi connectivity index (χ4v) is 4.91. The van der Waals surface area contributed by atoms with Gasteiger partial charge < -0.3 is 20.4 Å². The van der Waals surface area contributed by atoms with Gasteiger partial charge in [-0.25, -0.2) is 0 Å². The fourth-order valence-electron chi connectivity index (χ4n) is 4.91. The Bertz CT molecular complexity index is 1210. The maximum absolute atomic E-state index is 12.8. The lowest BCUT2D eigenvalue weighted by Crippen LogP contribution is -2.42. The Morgan fingerprint density at radius 3 is 2.26 bits per heavy atom. The number of carbonyl (C=O) groups excluding carboxylic acids is 2. The first-order chi connectivity index (χ1) is 16.7. The average Bonchev–Trinajstić information content (AvgIpc) is 3.25. The van der Waals surface area contributed by atoms with Crippen LogP contribution < -0.4 is 20.4 Å². The van der Waals surface area contributed by atoms with Gasteiger partial charge in [0.25, 0.3) is 0 Å². The molecule has 1 heterocycles. The molecule has 0 fully saturated rings. The number of hydrogen-bond acceptors (Lipinski definition) is 4. The minimum absolute atomic E-state index is 0.0885. The zero-order valence-corrected chi connectivity index (χ0v) is 21.2. The normalized spacial score (nSPS) is 13.2. The number of anilines is 3. The van der Waals surface area contributed by atoms with E-state index in [-0.39, 0.29) is 6.04 Å². The van der Waals surface area contributed by atoms with E-state index in [1.165, 1.54) is 11.3 Å². The van der Waals surface area contributed by atoms with Crippen LogP contribution >= 0.6 is 0 Å². The lowest BCUT2D eigenvalue weighted by molar-refractivity contribution is -0.136. The van der Waals surface area contributed by atoms with Gasteiger partial charge in [0.1, 0.15) is 0 Å². The summed E-state index contributed by atoms with van der Waals surface area (Å²) in [7, 11) is 4.03. The molecule has 0 aromatic heterocycles. The second-order valence-electron chi connectivity index (χ2n) is 9.51. The van der Waals surface area contributed by atoms with Crippen LogP contribution in [0.3, 0.4) is 0 Å². The number of rotatable bonds is 6. The molecule has 1 aliphatic rings. The minimum Gasteiger partial charge on any atom is -0.378 e. The number of amides is 2. The van der Waals surface area contributed by atoms with E-state index in [1.54, 1.807) is 0 Å². The number of hydrogen-bond donors (Lipinski definition) is 2. The largest absolute Gasteiger partial charge is 0.378 e. The molecule has 2 N–H and O–H groups in total. The molecule has 182 valence electrons. The van der Waals surface area contributed by atoms with Crippen molar-refractivity contribution < 1.29 is 9.59 Å². The molecule has 0 aliphatic carbocycles. The number of nitrogens with zero attached hydrogens (tertiary/aromatic N) is 2. The Morgan fingerprint density at radius 1 is 0.943 bits per heavy atom. The van der Waals surface area contributed by atoms with Crippen LogP contribution in [0.5, 0.6) is 0 Å². The first-order valence-corrected chi connectivity index (χ1v) is 12.0. The van der Waals surface area contributed by atoms with E-state index in [0.717, 1.165) is 40.9 Å². The number of carbonyl (C=O) groups is 2. The van der Waals surface area contributed by atoms with Crippen LogP contribution in [0, 0.1) is 20.8 Å². The van der Waals surface area contributed by atoms with Crippen LogP contribution in [0.1, 0.15) is 33.9 Å². The Morgan fingerprint density at radius 2 is 1.60 bits per heavy atom. The standard InChI is InChI=1S/C29H34N4O2/c1-19-16-20(2)27(21(3)17-19)31-29(35)28(34)30-18-26(23-10-12-24(13-11-23)32(4)5)33-15-14-22-8-6-7-9-25(22)33/h6-13,16-17,26H,14-15,18H2,1-5H3,(H,30,34)(H,31,35). The molecule has 1 unspecified atom stereocenters. The maximum atomic E-state index is 12.8. The van der Waals surface area contributed by atoms with Crippen molar-refractivity contribution in [3.8, 4) is 0 Å². The SMILES string of the molecule is Cc1cc(C)c(NC(=O)C(=O)NCC(c2ccc(N(C)C)cc2)N2CCc3ccccc32)c(C)c1. The number of benzene rings is 3. The van der Waals surface area contributed by atoms with Crippen molar-refractivity contribution >= 4 is 28.9 Å². The average molecular weight is 471 g/mol. The summed E-state index contributed by atoms with van der Waals surface area (Å²) in [6.07, 6.45) is 0.961. The van der Waals surface area contributed by atoms with Crippen LogP contribution in [-0.4, -0.2) is 39.0 Å². The van der Waals surface area contributed by atoms with Gasteiger partial charge in [0.15, 0.2) is 0 Å². The molecule has 0 radical (unpaired) electrons. The summed E-state index contributed by atoms with van der Waals surface area (Å²) in [6.45, 7) is 7.08. The molecule has 4 rings (SSSR count). The molecule has 6 heteroatoms. The first-order valence-electron chi connectivity index (χ1n) is 12.0.